The minimum atomic E-state index is -0.631. The zero-order chi connectivity index (χ0) is 9.84. The van der Waals surface area contributed by atoms with Gasteiger partial charge in [-0.15, -0.1) is 0 Å². The molecule has 72 valence electrons. The molecule has 0 aliphatic heterocycles. The molecular weight excluding hydrogens is 286 g/mol. The van der Waals surface area contributed by atoms with Gasteiger partial charge in [0.05, 0.1) is 5.56 Å². The first-order valence-corrected chi connectivity index (χ1v) is 4.78. The summed E-state index contributed by atoms with van der Waals surface area (Å²) in [6.45, 7) is 0. The summed E-state index contributed by atoms with van der Waals surface area (Å²) >= 11 is 2.05. The molecule has 13 heavy (non-hydrogen) atoms. The zero-order valence-electron chi connectivity index (χ0n) is 7.38. The van der Waals surface area contributed by atoms with Crippen LogP contribution in [0.15, 0.2) is 18.2 Å². The van der Waals surface area contributed by atoms with Gasteiger partial charge in [0.15, 0.2) is 6.29 Å². The average Bonchev–Trinajstić information content (AvgIpc) is 2.11. The molecule has 0 atom stereocenters. The monoisotopic (exact) mass is 296 g/mol. The van der Waals surface area contributed by atoms with E-state index in [2.05, 4.69) is 0 Å². The van der Waals surface area contributed by atoms with E-state index in [1.54, 1.807) is 6.07 Å². The van der Waals surface area contributed by atoms with E-state index in [-0.39, 0.29) is 5.82 Å². The highest BCUT2D eigenvalue weighted by atomic mass is 127. The molecule has 4 heteroatoms. The van der Waals surface area contributed by atoms with E-state index in [0.29, 0.717) is 5.56 Å². The van der Waals surface area contributed by atoms with Gasteiger partial charge < -0.3 is 9.47 Å². The van der Waals surface area contributed by atoms with Gasteiger partial charge in [-0.05, 0) is 34.7 Å². The summed E-state index contributed by atoms with van der Waals surface area (Å²) in [4.78, 5) is 0. The molecular formula is C9H10FIO2. The van der Waals surface area contributed by atoms with E-state index < -0.39 is 6.29 Å². The second-order valence-electron chi connectivity index (χ2n) is 2.44. The van der Waals surface area contributed by atoms with E-state index in [9.17, 15) is 4.39 Å². The Morgan fingerprint density at radius 2 is 1.92 bits per heavy atom. The van der Waals surface area contributed by atoms with E-state index in [0.717, 1.165) is 3.57 Å². The highest BCUT2D eigenvalue weighted by molar-refractivity contribution is 14.1. The Morgan fingerprint density at radius 1 is 1.31 bits per heavy atom. The fourth-order valence-corrected chi connectivity index (χ4v) is 1.79. The number of rotatable bonds is 3. The maximum Gasteiger partial charge on any atom is 0.186 e. The molecule has 0 aliphatic rings. The first-order valence-electron chi connectivity index (χ1n) is 3.70. The Balaban J connectivity index is 3.10. The number of hydrogen-bond donors (Lipinski definition) is 0. The lowest BCUT2D eigenvalue weighted by Crippen LogP contribution is -2.08. The van der Waals surface area contributed by atoms with E-state index in [4.69, 9.17) is 9.47 Å². The van der Waals surface area contributed by atoms with Crippen LogP contribution in [-0.4, -0.2) is 14.2 Å². The highest BCUT2D eigenvalue weighted by Crippen LogP contribution is 2.25. The lowest BCUT2D eigenvalue weighted by atomic mass is 10.2. The topological polar surface area (TPSA) is 18.5 Å². The lowest BCUT2D eigenvalue weighted by Gasteiger charge is -2.15. The molecule has 0 heterocycles. The molecule has 0 saturated carbocycles. The molecule has 0 radical (unpaired) electrons. The van der Waals surface area contributed by atoms with Gasteiger partial charge >= 0.3 is 0 Å². The molecule has 1 aromatic rings. The second-order valence-corrected chi connectivity index (χ2v) is 3.60. The Morgan fingerprint density at radius 3 is 2.38 bits per heavy atom. The minimum Gasteiger partial charge on any atom is -0.352 e. The molecule has 0 unspecified atom stereocenters. The summed E-state index contributed by atoms with van der Waals surface area (Å²) in [5.74, 6) is -0.305. The van der Waals surface area contributed by atoms with Crippen LogP contribution in [0.2, 0.25) is 0 Å². The SMILES string of the molecule is COC(OC)c1c(F)cccc1I. The predicted molar refractivity (Wildman–Crippen MR) is 55.9 cm³/mol. The van der Waals surface area contributed by atoms with E-state index in [1.807, 2.05) is 28.7 Å². The normalized spacial score (nSPS) is 10.8. The summed E-state index contributed by atoms with van der Waals surface area (Å²) in [6.07, 6.45) is -0.631. The van der Waals surface area contributed by atoms with Crippen LogP contribution in [0.4, 0.5) is 4.39 Å². The minimum absolute atomic E-state index is 0.305. The van der Waals surface area contributed by atoms with Gasteiger partial charge in [0.1, 0.15) is 5.82 Å². The fourth-order valence-electron chi connectivity index (χ4n) is 1.07. The highest BCUT2D eigenvalue weighted by Gasteiger charge is 2.16. The average molecular weight is 296 g/mol. The first-order chi connectivity index (χ1) is 6.20. The van der Waals surface area contributed by atoms with Crippen molar-refractivity contribution in [1.29, 1.82) is 0 Å². The number of ether oxygens (including phenoxy) is 2. The maximum absolute atomic E-state index is 13.3. The summed E-state index contributed by atoms with van der Waals surface area (Å²) in [5, 5.41) is 0. The van der Waals surface area contributed by atoms with Crippen LogP contribution in [-0.2, 0) is 9.47 Å². The third-order valence-electron chi connectivity index (χ3n) is 1.66. The van der Waals surface area contributed by atoms with Crippen LogP contribution in [0, 0.1) is 9.39 Å². The van der Waals surface area contributed by atoms with E-state index >= 15 is 0 Å². The Kier molecular flexibility index (Phi) is 4.08. The van der Waals surface area contributed by atoms with Gasteiger partial charge in [-0.1, -0.05) is 6.07 Å². The molecule has 0 bridgehead atoms. The molecule has 0 spiro atoms. The van der Waals surface area contributed by atoms with Crippen molar-refractivity contribution < 1.29 is 13.9 Å². The van der Waals surface area contributed by atoms with Crippen molar-refractivity contribution in [3.8, 4) is 0 Å². The number of hydrogen-bond acceptors (Lipinski definition) is 2. The van der Waals surface area contributed by atoms with Crippen LogP contribution in [0.3, 0.4) is 0 Å². The number of halogens is 2. The van der Waals surface area contributed by atoms with Crippen molar-refractivity contribution in [2.75, 3.05) is 14.2 Å². The molecule has 0 aliphatic carbocycles. The smallest absolute Gasteiger partial charge is 0.186 e. The standard InChI is InChI=1S/C9H10FIO2/c1-12-9(13-2)8-6(10)4-3-5-7(8)11/h3-5,9H,1-2H3. The van der Waals surface area contributed by atoms with Crippen molar-refractivity contribution in [2.45, 2.75) is 6.29 Å². The molecule has 1 rings (SSSR count). The first kappa shape index (κ1) is 10.9. The second kappa shape index (κ2) is 4.88. The van der Waals surface area contributed by atoms with Crippen LogP contribution in [0.5, 0.6) is 0 Å². The molecule has 0 fully saturated rings. The molecule has 0 N–H and O–H groups in total. The van der Waals surface area contributed by atoms with Crippen molar-refractivity contribution >= 4 is 22.6 Å². The van der Waals surface area contributed by atoms with Crippen LogP contribution in [0.25, 0.3) is 0 Å². The quantitative estimate of drug-likeness (QED) is 0.631. The van der Waals surface area contributed by atoms with Crippen molar-refractivity contribution in [2.24, 2.45) is 0 Å². The van der Waals surface area contributed by atoms with Crippen LogP contribution in [0.1, 0.15) is 11.9 Å². The fraction of sp³-hybridized carbons (Fsp3) is 0.333. The Bertz CT molecular complexity index is 267. The van der Waals surface area contributed by atoms with Gasteiger partial charge in [-0.2, -0.15) is 0 Å². The number of methoxy groups -OCH3 is 2. The summed E-state index contributed by atoms with van der Waals surface area (Å²) in [7, 11) is 2.97. The largest absolute Gasteiger partial charge is 0.352 e. The Labute approximate surface area is 90.2 Å². The Hall–Kier alpha value is -0.200. The molecule has 1 aromatic carbocycles. The summed E-state index contributed by atoms with van der Waals surface area (Å²) < 4.78 is 24.1. The third kappa shape index (κ3) is 2.38. The zero-order valence-corrected chi connectivity index (χ0v) is 9.54. The van der Waals surface area contributed by atoms with Crippen LogP contribution < -0.4 is 0 Å². The van der Waals surface area contributed by atoms with Crippen molar-refractivity contribution in [3.05, 3.63) is 33.1 Å². The molecule has 0 amide bonds. The molecule has 0 aromatic heterocycles. The van der Waals surface area contributed by atoms with Crippen molar-refractivity contribution in [3.63, 3.8) is 0 Å². The van der Waals surface area contributed by atoms with Gasteiger partial charge in [0.2, 0.25) is 0 Å². The maximum atomic E-state index is 13.3. The van der Waals surface area contributed by atoms with Gasteiger partial charge in [-0.3, -0.25) is 0 Å². The van der Waals surface area contributed by atoms with E-state index in [1.165, 1.54) is 20.3 Å². The predicted octanol–water partition coefficient (Wildman–Crippen LogP) is 2.72. The van der Waals surface area contributed by atoms with Crippen molar-refractivity contribution in [1.82, 2.24) is 0 Å². The number of benzene rings is 1. The van der Waals surface area contributed by atoms with Crippen LogP contribution >= 0.6 is 22.6 Å². The van der Waals surface area contributed by atoms with Gasteiger partial charge in [0, 0.05) is 17.8 Å². The van der Waals surface area contributed by atoms with Gasteiger partial charge in [-0.25, -0.2) is 4.39 Å². The third-order valence-corrected chi connectivity index (χ3v) is 2.60. The summed E-state index contributed by atoms with van der Waals surface area (Å²) in [6, 6.07) is 4.86. The lowest BCUT2D eigenvalue weighted by molar-refractivity contribution is -0.108. The van der Waals surface area contributed by atoms with Gasteiger partial charge in [0.25, 0.3) is 0 Å². The molecule has 0 saturated heterocycles. The molecule has 2 nitrogen and oxygen atoms in total. The summed E-state index contributed by atoms with van der Waals surface area (Å²) in [5.41, 5.74) is 0.452.